The van der Waals surface area contributed by atoms with E-state index in [1.165, 1.54) is 12.1 Å². The highest BCUT2D eigenvalue weighted by Crippen LogP contribution is 2.27. The summed E-state index contributed by atoms with van der Waals surface area (Å²) in [6.07, 6.45) is 0. The number of fused-ring (bicyclic) bond motifs is 1. The van der Waals surface area contributed by atoms with E-state index in [1.807, 2.05) is 6.07 Å². The molecule has 3 rings (SSSR count). The molecule has 0 saturated carbocycles. The van der Waals surface area contributed by atoms with Crippen LogP contribution in [0.1, 0.15) is 24.4 Å². The Morgan fingerprint density at radius 1 is 0.966 bits per heavy atom. The molecule has 29 heavy (non-hydrogen) atoms. The molecule has 7 nitrogen and oxygen atoms in total. The summed E-state index contributed by atoms with van der Waals surface area (Å²) in [5.74, 6) is -1.13. The number of hydrogen-bond donors (Lipinski definition) is 0. The van der Waals surface area contributed by atoms with E-state index in [2.05, 4.69) is 0 Å². The van der Waals surface area contributed by atoms with Crippen LogP contribution in [0.2, 0.25) is 0 Å². The second-order valence-corrected chi connectivity index (χ2v) is 5.97. The fourth-order valence-corrected chi connectivity index (χ4v) is 2.82. The molecule has 1 heterocycles. The largest absolute Gasteiger partial charge is 0.482 e. The second kappa shape index (κ2) is 9.05. The van der Waals surface area contributed by atoms with Gasteiger partial charge in [0.25, 0.3) is 0 Å². The Labute approximate surface area is 166 Å². The Morgan fingerprint density at radius 2 is 1.69 bits per heavy atom. The van der Waals surface area contributed by atoms with E-state index in [0.29, 0.717) is 11.3 Å². The Bertz CT molecular complexity index is 1080. The Kier molecular flexibility index (Phi) is 6.29. The zero-order valence-corrected chi connectivity index (χ0v) is 16.1. The van der Waals surface area contributed by atoms with Gasteiger partial charge in [-0.1, -0.05) is 30.3 Å². The maximum absolute atomic E-state index is 13.1. The molecule has 0 saturated heterocycles. The van der Waals surface area contributed by atoms with Crippen molar-refractivity contribution in [1.29, 1.82) is 0 Å². The predicted octanol–water partition coefficient (Wildman–Crippen LogP) is 3.58. The van der Waals surface area contributed by atoms with Gasteiger partial charge >= 0.3 is 11.9 Å². The Hall–Kier alpha value is -3.61. The summed E-state index contributed by atoms with van der Waals surface area (Å²) in [5, 5.41) is 0.278. The molecule has 0 fully saturated rings. The maximum atomic E-state index is 13.1. The van der Waals surface area contributed by atoms with E-state index >= 15 is 0 Å². The highest BCUT2D eigenvalue weighted by atomic mass is 16.6. The summed E-state index contributed by atoms with van der Waals surface area (Å²) in [7, 11) is 0. The van der Waals surface area contributed by atoms with Crippen LogP contribution in [0, 0.1) is 0 Å². The van der Waals surface area contributed by atoms with Crippen LogP contribution in [-0.4, -0.2) is 31.8 Å². The first-order valence-corrected chi connectivity index (χ1v) is 9.17. The van der Waals surface area contributed by atoms with Crippen molar-refractivity contribution in [3.63, 3.8) is 0 Å². The van der Waals surface area contributed by atoms with Gasteiger partial charge in [-0.15, -0.1) is 0 Å². The van der Waals surface area contributed by atoms with Gasteiger partial charge in [-0.3, -0.25) is 4.79 Å². The molecular formula is C22H20O7. The molecule has 0 aliphatic carbocycles. The highest BCUT2D eigenvalue weighted by Gasteiger charge is 2.23. The molecule has 0 aliphatic heterocycles. The van der Waals surface area contributed by atoms with Crippen molar-refractivity contribution in [3.8, 4) is 16.9 Å². The number of carbonyl (C=O) groups is 2. The van der Waals surface area contributed by atoms with Crippen LogP contribution in [0.5, 0.6) is 5.75 Å². The minimum absolute atomic E-state index is 0.136. The first kappa shape index (κ1) is 20.1. The topological polar surface area (TPSA) is 92.0 Å². The third-order valence-corrected chi connectivity index (χ3v) is 4.05. The molecule has 150 valence electrons. The highest BCUT2D eigenvalue weighted by molar-refractivity contribution is 5.97. The van der Waals surface area contributed by atoms with Crippen LogP contribution >= 0.6 is 0 Å². The molecular weight excluding hydrogens is 376 g/mol. The van der Waals surface area contributed by atoms with Crippen molar-refractivity contribution in [2.75, 3.05) is 19.8 Å². The maximum Gasteiger partial charge on any atom is 0.375 e. The number of carbonyl (C=O) groups excluding carboxylic acids is 2. The van der Waals surface area contributed by atoms with Crippen molar-refractivity contribution >= 4 is 22.9 Å². The van der Waals surface area contributed by atoms with E-state index < -0.39 is 11.9 Å². The van der Waals surface area contributed by atoms with E-state index in [0.717, 1.165) is 0 Å². The third kappa shape index (κ3) is 4.45. The van der Waals surface area contributed by atoms with Crippen LogP contribution in [0.15, 0.2) is 57.7 Å². The summed E-state index contributed by atoms with van der Waals surface area (Å²) < 4.78 is 21.0. The lowest BCUT2D eigenvalue weighted by Crippen LogP contribution is -2.16. The van der Waals surface area contributed by atoms with Gasteiger partial charge in [0.15, 0.2) is 6.61 Å². The van der Waals surface area contributed by atoms with Crippen LogP contribution in [0.25, 0.3) is 22.1 Å². The molecule has 0 bridgehead atoms. The first-order valence-electron chi connectivity index (χ1n) is 9.17. The van der Waals surface area contributed by atoms with Crippen molar-refractivity contribution in [2.45, 2.75) is 13.8 Å². The summed E-state index contributed by atoms with van der Waals surface area (Å²) in [5.41, 5.74) is 0.474. The number of benzene rings is 2. The van der Waals surface area contributed by atoms with Gasteiger partial charge in [0.1, 0.15) is 11.3 Å². The average Bonchev–Trinajstić information content (AvgIpc) is 2.73. The van der Waals surface area contributed by atoms with Crippen molar-refractivity contribution in [1.82, 2.24) is 0 Å². The molecule has 3 aromatic rings. The second-order valence-electron chi connectivity index (χ2n) is 5.97. The summed E-state index contributed by atoms with van der Waals surface area (Å²) in [6.45, 7) is 3.47. The van der Waals surface area contributed by atoms with Crippen LogP contribution < -0.4 is 10.2 Å². The molecule has 0 spiro atoms. The van der Waals surface area contributed by atoms with Crippen LogP contribution in [0.3, 0.4) is 0 Å². The number of hydrogen-bond acceptors (Lipinski definition) is 7. The van der Waals surface area contributed by atoms with Gasteiger partial charge in [-0.2, -0.15) is 0 Å². The number of ether oxygens (including phenoxy) is 3. The van der Waals surface area contributed by atoms with Gasteiger partial charge in [0.2, 0.25) is 11.2 Å². The molecule has 1 aromatic heterocycles. The zero-order chi connectivity index (χ0) is 20.8. The fourth-order valence-electron chi connectivity index (χ4n) is 2.82. The number of esters is 2. The molecule has 7 heteroatoms. The minimum atomic E-state index is -0.733. The quantitative estimate of drug-likeness (QED) is 0.564. The molecule has 0 amide bonds. The minimum Gasteiger partial charge on any atom is -0.482 e. The Morgan fingerprint density at radius 3 is 2.38 bits per heavy atom. The average molecular weight is 396 g/mol. The monoisotopic (exact) mass is 396 g/mol. The SMILES string of the molecule is CCOC(=O)COc1ccc2c(=O)c(-c3ccccc3)c(C(=O)OCC)oc2c1. The van der Waals surface area contributed by atoms with Gasteiger partial charge in [0, 0.05) is 6.07 Å². The molecule has 0 radical (unpaired) electrons. The van der Waals surface area contributed by atoms with E-state index in [4.69, 9.17) is 18.6 Å². The van der Waals surface area contributed by atoms with Crippen LogP contribution in [0.4, 0.5) is 0 Å². The smallest absolute Gasteiger partial charge is 0.375 e. The van der Waals surface area contributed by atoms with E-state index in [9.17, 15) is 14.4 Å². The Balaban J connectivity index is 2.09. The summed E-state index contributed by atoms with van der Waals surface area (Å²) >= 11 is 0. The van der Waals surface area contributed by atoms with Crippen molar-refractivity contribution < 1.29 is 28.2 Å². The van der Waals surface area contributed by atoms with Gasteiger partial charge < -0.3 is 18.6 Å². The van der Waals surface area contributed by atoms with Crippen LogP contribution in [-0.2, 0) is 14.3 Å². The molecule has 0 aliphatic rings. The van der Waals surface area contributed by atoms with Crippen molar-refractivity contribution in [2.24, 2.45) is 0 Å². The predicted molar refractivity (Wildman–Crippen MR) is 106 cm³/mol. The standard InChI is InChI=1S/C22H20O7/c1-3-26-18(23)13-28-15-10-11-16-17(12-15)29-21(22(25)27-4-2)19(20(16)24)14-8-6-5-7-9-14/h5-12H,3-4,13H2,1-2H3. The summed E-state index contributed by atoms with van der Waals surface area (Å²) in [4.78, 5) is 37.1. The first-order chi connectivity index (χ1) is 14.0. The van der Waals surface area contributed by atoms with Gasteiger partial charge in [0.05, 0.1) is 24.2 Å². The van der Waals surface area contributed by atoms with Crippen molar-refractivity contribution in [3.05, 3.63) is 64.5 Å². The third-order valence-electron chi connectivity index (χ3n) is 4.05. The van der Waals surface area contributed by atoms with E-state index in [1.54, 1.807) is 44.2 Å². The number of rotatable bonds is 7. The fraction of sp³-hybridized carbons (Fsp3) is 0.227. The lowest BCUT2D eigenvalue weighted by atomic mass is 10.0. The van der Waals surface area contributed by atoms with Gasteiger partial charge in [-0.05, 0) is 31.5 Å². The van der Waals surface area contributed by atoms with Gasteiger partial charge in [-0.25, -0.2) is 9.59 Å². The van der Waals surface area contributed by atoms with E-state index in [-0.39, 0.29) is 47.5 Å². The lowest BCUT2D eigenvalue weighted by Gasteiger charge is -2.11. The molecule has 0 atom stereocenters. The molecule has 2 aromatic carbocycles. The summed E-state index contributed by atoms with van der Waals surface area (Å²) in [6, 6.07) is 13.3. The normalized spacial score (nSPS) is 10.6. The lowest BCUT2D eigenvalue weighted by molar-refractivity contribution is -0.145. The molecule has 0 unspecified atom stereocenters. The molecule has 0 N–H and O–H groups in total. The zero-order valence-electron chi connectivity index (χ0n) is 16.1.